The molecule has 4 heterocycles. The summed E-state index contributed by atoms with van der Waals surface area (Å²) in [5.74, 6) is 1.23. The van der Waals surface area contributed by atoms with Gasteiger partial charge in [0, 0.05) is 23.2 Å². The van der Waals surface area contributed by atoms with Crippen molar-refractivity contribution in [3.05, 3.63) is 54.0 Å². The molecule has 0 atom stereocenters. The molecule has 0 saturated carbocycles. The number of halogens is 1. The van der Waals surface area contributed by atoms with E-state index in [4.69, 9.17) is 21.0 Å². The van der Waals surface area contributed by atoms with E-state index in [0.29, 0.717) is 16.8 Å². The fraction of sp³-hybridized carbons (Fsp3) is 0. The van der Waals surface area contributed by atoms with Crippen LogP contribution < -0.4 is 0 Å². The molecular weight excluding hydrogens is 312 g/mol. The molecule has 0 amide bonds. The number of aromatic nitrogens is 4. The van der Waals surface area contributed by atoms with Gasteiger partial charge in [-0.1, -0.05) is 0 Å². The maximum Gasteiger partial charge on any atom is 0.194 e. The van der Waals surface area contributed by atoms with Gasteiger partial charge in [-0.25, -0.2) is 4.98 Å². The Morgan fingerprint density at radius 1 is 0.870 bits per heavy atom. The molecule has 0 saturated heterocycles. The number of fused-ring (bicyclic) bond motifs is 6. The first-order chi connectivity index (χ1) is 11.3. The molecule has 0 fully saturated rings. The molecule has 0 bridgehead atoms. The van der Waals surface area contributed by atoms with Crippen LogP contribution in [0.1, 0.15) is 0 Å². The van der Waals surface area contributed by atoms with Gasteiger partial charge >= 0.3 is 0 Å². The number of H-pyrrole nitrogens is 1. The van der Waals surface area contributed by atoms with Gasteiger partial charge in [-0.2, -0.15) is 0 Å². The Balaban J connectivity index is 1.98. The third-order valence-corrected chi connectivity index (χ3v) is 4.08. The van der Waals surface area contributed by atoms with Gasteiger partial charge in [0.1, 0.15) is 0 Å². The van der Waals surface area contributed by atoms with Crippen LogP contribution in [0.25, 0.3) is 44.4 Å². The molecule has 0 aliphatic carbocycles. The van der Waals surface area contributed by atoms with E-state index >= 15 is 0 Å². The highest BCUT2D eigenvalue weighted by molar-refractivity contribution is 6.29. The van der Waals surface area contributed by atoms with Crippen LogP contribution in [-0.2, 0) is 0 Å². The highest BCUT2D eigenvalue weighted by Gasteiger charge is 2.16. The first-order valence-corrected chi connectivity index (χ1v) is 7.46. The first-order valence-electron chi connectivity index (χ1n) is 7.08. The van der Waals surface area contributed by atoms with Crippen molar-refractivity contribution in [3.63, 3.8) is 0 Å². The molecule has 1 N–H and O–H groups in total. The van der Waals surface area contributed by atoms with Crippen LogP contribution in [0.2, 0.25) is 5.22 Å². The quantitative estimate of drug-likeness (QED) is 0.459. The van der Waals surface area contributed by atoms with Crippen LogP contribution >= 0.6 is 11.6 Å². The van der Waals surface area contributed by atoms with Gasteiger partial charge in [-0.15, -0.1) is 0 Å². The Morgan fingerprint density at radius 3 is 2.35 bits per heavy atom. The van der Waals surface area contributed by atoms with Gasteiger partial charge in [-0.05, 0) is 48.0 Å². The minimum Gasteiger partial charge on any atom is -0.441 e. The number of hydrogen-bond donors (Lipinski definition) is 1. The monoisotopic (exact) mass is 320 g/mol. The van der Waals surface area contributed by atoms with Gasteiger partial charge in [0.15, 0.2) is 16.8 Å². The molecule has 6 heteroatoms. The SMILES string of the molecule is Clc1ccc(-c2nc3c4cccnc4c4ncccc4c3[nH]2)o1. The van der Waals surface area contributed by atoms with Crippen molar-refractivity contribution in [1.82, 2.24) is 19.9 Å². The molecule has 0 aliphatic heterocycles. The van der Waals surface area contributed by atoms with Gasteiger partial charge in [0.25, 0.3) is 0 Å². The number of benzene rings is 1. The van der Waals surface area contributed by atoms with Crippen molar-refractivity contribution < 1.29 is 4.42 Å². The zero-order valence-corrected chi connectivity index (χ0v) is 12.5. The number of aromatic amines is 1. The molecule has 0 radical (unpaired) electrons. The number of hydrogen-bond acceptors (Lipinski definition) is 4. The summed E-state index contributed by atoms with van der Waals surface area (Å²) in [5, 5.41) is 2.26. The van der Waals surface area contributed by atoms with E-state index in [1.807, 2.05) is 24.3 Å². The van der Waals surface area contributed by atoms with Gasteiger partial charge in [0.05, 0.1) is 22.1 Å². The second kappa shape index (κ2) is 4.54. The third-order valence-electron chi connectivity index (χ3n) is 3.87. The largest absolute Gasteiger partial charge is 0.441 e. The molecule has 5 rings (SSSR count). The topological polar surface area (TPSA) is 67.6 Å². The van der Waals surface area contributed by atoms with Gasteiger partial charge in [0.2, 0.25) is 0 Å². The van der Waals surface area contributed by atoms with Crippen molar-refractivity contribution in [1.29, 1.82) is 0 Å². The molecule has 110 valence electrons. The fourth-order valence-electron chi connectivity index (χ4n) is 2.90. The number of nitrogens with zero attached hydrogens (tertiary/aromatic N) is 3. The molecule has 0 aliphatic rings. The lowest BCUT2D eigenvalue weighted by Crippen LogP contribution is -1.86. The summed E-state index contributed by atoms with van der Waals surface area (Å²) in [4.78, 5) is 17.0. The standard InChI is InChI=1S/C17H9ClN4O/c18-12-6-5-11(23-12)17-21-15-9-3-1-7-19-13(9)14-10(16(15)22-17)4-2-8-20-14/h1-8H,(H,21,22). The maximum absolute atomic E-state index is 5.87. The molecule has 1 aromatic carbocycles. The highest BCUT2D eigenvalue weighted by atomic mass is 35.5. The van der Waals surface area contributed by atoms with E-state index in [-0.39, 0.29) is 0 Å². The predicted octanol–water partition coefficient (Wildman–Crippen LogP) is 4.57. The van der Waals surface area contributed by atoms with Crippen LogP contribution in [0, 0.1) is 0 Å². The summed E-state index contributed by atoms with van der Waals surface area (Å²) in [5.41, 5.74) is 3.45. The van der Waals surface area contributed by atoms with Crippen molar-refractivity contribution in [3.8, 4) is 11.6 Å². The lowest BCUT2D eigenvalue weighted by atomic mass is 10.1. The maximum atomic E-state index is 5.87. The summed E-state index contributed by atoms with van der Waals surface area (Å²) in [7, 11) is 0. The summed E-state index contributed by atoms with van der Waals surface area (Å²) < 4.78 is 5.46. The second-order valence-electron chi connectivity index (χ2n) is 5.21. The number of pyridine rings is 2. The van der Waals surface area contributed by atoms with Gasteiger partial charge < -0.3 is 9.40 Å². The van der Waals surface area contributed by atoms with Crippen LogP contribution in [0.15, 0.2) is 53.2 Å². The minimum absolute atomic E-state index is 0.332. The van der Waals surface area contributed by atoms with Gasteiger partial charge in [-0.3, -0.25) is 9.97 Å². The Labute approximate surface area is 134 Å². The number of furan rings is 1. The number of rotatable bonds is 1. The van der Waals surface area contributed by atoms with E-state index in [1.54, 1.807) is 24.5 Å². The number of nitrogens with one attached hydrogen (secondary N) is 1. The van der Waals surface area contributed by atoms with E-state index in [9.17, 15) is 0 Å². The zero-order chi connectivity index (χ0) is 15.4. The smallest absolute Gasteiger partial charge is 0.194 e. The average Bonchev–Trinajstić information content (AvgIpc) is 3.21. The van der Waals surface area contributed by atoms with Crippen LogP contribution in [-0.4, -0.2) is 19.9 Å². The summed E-state index contributed by atoms with van der Waals surface area (Å²) in [6.45, 7) is 0. The molecular formula is C17H9ClN4O. The molecule has 23 heavy (non-hydrogen) atoms. The Kier molecular flexibility index (Phi) is 2.49. The van der Waals surface area contributed by atoms with Crippen molar-refractivity contribution in [2.75, 3.05) is 0 Å². The lowest BCUT2D eigenvalue weighted by molar-refractivity contribution is 0.580. The summed E-state index contributed by atoms with van der Waals surface area (Å²) >= 11 is 5.87. The van der Waals surface area contributed by atoms with Crippen molar-refractivity contribution in [2.24, 2.45) is 0 Å². The van der Waals surface area contributed by atoms with E-state index in [2.05, 4.69) is 15.0 Å². The normalized spacial score (nSPS) is 11.7. The third kappa shape index (κ3) is 1.77. The lowest BCUT2D eigenvalue weighted by Gasteiger charge is -2.03. The summed E-state index contributed by atoms with van der Waals surface area (Å²) in [6, 6.07) is 11.3. The molecule has 5 aromatic rings. The predicted molar refractivity (Wildman–Crippen MR) is 89.4 cm³/mol. The summed E-state index contributed by atoms with van der Waals surface area (Å²) in [6.07, 6.45) is 3.54. The van der Waals surface area contributed by atoms with Crippen LogP contribution in [0.4, 0.5) is 0 Å². The first kappa shape index (κ1) is 12.6. The molecule has 4 aromatic heterocycles. The van der Waals surface area contributed by atoms with E-state index in [1.165, 1.54) is 0 Å². The molecule has 0 spiro atoms. The zero-order valence-electron chi connectivity index (χ0n) is 11.7. The van der Waals surface area contributed by atoms with Crippen LogP contribution in [0.3, 0.4) is 0 Å². The van der Waals surface area contributed by atoms with Crippen molar-refractivity contribution in [2.45, 2.75) is 0 Å². The average molecular weight is 321 g/mol. The second-order valence-corrected chi connectivity index (χ2v) is 5.58. The van der Waals surface area contributed by atoms with E-state index in [0.717, 1.165) is 32.8 Å². The minimum atomic E-state index is 0.332. The fourth-order valence-corrected chi connectivity index (χ4v) is 3.05. The Morgan fingerprint density at radius 2 is 1.61 bits per heavy atom. The molecule has 0 unspecified atom stereocenters. The highest BCUT2D eigenvalue weighted by Crippen LogP contribution is 2.33. The number of imidazole rings is 1. The van der Waals surface area contributed by atoms with E-state index < -0.39 is 0 Å². The Hall–Kier alpha value is -2.92. The molecule has 5 nitrogen and oxygen atoms in total. The Bertz CT molecular complexity index is 1120. The van der Waals surface area contributed by atoms with Crippen molar-refractivity contribution >= 4 is 44.4 Å². The van der Waals surface area contributed by atoms with Crippen LogP contribution in [0.5, 0.6) is 0 Å².